The molecule has 1 aliphatic heterocycles. The number of nitrogens with zero attached hydrogens (tertiary/aromatic N) is 3. The molecule has 1 aliphatic carbocycles. The SMILES string of the molecule is CC1C(=O)Nc2cnc(Cl)nc2N1C1CCC(F)(F)CC1. The Morgan fingerprint density at radius 1 is 1.43 bits per heavy atom. The summed E-state index contributed by atoms with van der Waals surface area (Å²) in [5.74, 6) is -2.28. The van der Waals surface area contributed by atoms with Crippen molar-refractivity contribution in [2.45, 2.75) is 50.6 Å². The second-order valence-electron chi connectivity index (χ2n) is 5.54. The van der Waals surface area contributed by atoms with E-state index >= 15 is 0 Å². The molecule has 1 unspecified atom stereocenters. The number of alkyl halides is 2. The summed E-state index contributed by atoms with van der Waals surface area (Å²) in [6.07, 6.45) is 1.75. The van der Waals surface area contributed by atoms with Gasteiger partial charge in [0.25, 0.3) is 0 Å². The minimum Gasteiger partial charge on any atom is -0.340 e. The van der Waals surface area contributed by atoms with Gasteiger partial charge in [0.05, 0.1) is 6.20 Å². The minimum atomic E-state index is -2.61. The normalized spacial score (nSPS) is 25.4. The fourth-order valence-electron chi connectivity index (χ4n) is 2.98. The molecule has 0 bridgehead atoms. The lowest BCUT2D eigenvalue weighted by atomic mass is 9.90. The van der Waals surface area contributed by atoms with Crippen LogP contribution in [-0.2, 0) is 4.79 Å². The minimum absolute atomic E-state index is 0.0724. The smallest absolute Gasteiger partial charge is 0.248 e. The van der Waals surface area contributed by atoms with Crippen molar-refractivity contribution in [2.24, 2.45) is 0 Å². The van der Waals surface area contributed by atoms with Crippen LogP contribution in [-0.4, -0.2) is 33.9 Å². The molecule has 0 spiro atoms. The number of carbonyl (C=O) groups excluding carboxylic acids is 1. The zero-order valence-electron chi connectivity index (χ0n) is 11.4. The number of carbonyl (C=O) groups is 1. The maximum atomic E-state index is 13.3. The number of anilines is 2. The number of rotatable bonds is 1. The molecule has 1 amide bonds. The molecule has 114 valence electrons. The standard InChI is InChI=1S/C13H15ClF2N4O/c1-7-11(21)18-9-6-17-12(14)19-10(9)20(7)8-2-4-13(15,16)5-3-8/h6-8H,2-5H2,1H3,(H,18,21). The van der Waals surface area contributed by atoms with Gasteiger partial charge in [0.1, 0.15) is 11.7 Å². The highest BCUT2D eigenvalue weighted by atomic mass is 35.5. The van der Waals surface area contributed by atoms with Crippen LogP contribution in [0, 0.1) is 0 Å². The highest BCUT2D eigenvalue weighted by Crippen LogP contribution is 2.40. The zero-order valence-corrected chi connectivity index (χ0v) is 12.2. The highest BCUT2D eigenvalue weighted by molar-refractivity contribution is 6.28. The molecule has 1 aromatic heterocycles. The largest absolute Gasteiger partial charge is 0.340 e. The molecule has 2 heterocycles. The molecule has 3 rings (SSSR count). The Morgan fingerprint density at radius 2 is 2.10 bits per heavy atom. The Kier molecular flexibility index (Phi) is 3.47. The molecular weight excluding hydrogens is 302 g/mol. The van der Waals surface area contributed by atoms with E-state index in [4.69, 9.17) is 11.6 Å². The van der Waals surface area contributed by atoms with Crippen LogP contribution in [0.5, 0.6) is 0 Å². The topological polar surface area (TPSA) is 58.1 Å². The maximum absolute atomic E-state index is 13.3. The number of hydrogen-bond donors (Lipinski definition) is 1. The van der Waals surface area contributed by atoms with E-state index in [1.54, 1.807) is 11.8 Å². The van der Waals surface area contributed by atoms with Gasteiger partial charge in [0.2, 0.25) is 17.1 Å². The molecular formula is C13H15ClF2N4O. The Balaban J connectivity index is 1.93. The molecule has 1 N–H and O–H groups in total. The lowest BCUT2D eigenvalue weighted by Crippen LogP contribution is -2.53. The van der Waals surface area contributed by atoms with Gasteiger partial charge in [-0.2, -0.15) is 4.98 Å². The Hall–Kier alpha value is -1.50. The number of fused-ring (bicyclic) bond motifs is 1. The fraction of sp³-hybridized carbons (Fsp3) is 0.615. The van der Waals surface area contributed by atoms with Gasteiger partial charge < -0.3 is 10.2 Å². The molecule has 1 aromatic rings. The van der Waals surface area contributed by atoms with Crippen LogP contribution in [0.3, 0.4) is 0 Å². The van der Waals surface area contributed by atoms with Crippen LogP contribution in [0.1, 0.15) is 32.6 Å². The van der Waals surface area contributed by atoms with E-state index in [0.29, 0.717) is 24.3 Å². The fourth-order valence-corrected chi connectivity index (χ4v) is 3.11. The van der Waals surface area contributed by atoms with Gasteiger partial charge >= 0.3 is 0 Å². The van der Waals surface area contributed by atoms with Crippen molar-refractivity contribution < 1.29 is 13.6 Å². The summed E-state index contributed by atoms with van der Waals surface area (Å²) in [7, 11) is 0. The summed E-state index contributed by atoms with van der Waals surface area (Å²) in [5, 5.41) is 2.78. The Labute approximate surface area is 125 Å². The highest BCUT2D eigenvalue weighted by Gasteiger charge is 2.41. The summed E-state index contributed by atoms with van der Waals surface area (Å²) in [5.41, 5.74) is 0.472. The van der Waals surface area contributed by atoms with Gasteiger partial charge in [-0.3, -0.25) is 4.79 Å². The number of aromatic nitrogens is 2. The first-order valence-electron chi connectivity index (χ1n) is 6.87. The molecule has 2 aliphatic rings. The predicted molar refractivity (Wildman–Crippen MR) is 74.8 cm³/mol. The summed E-state index contributed by atoms with van der Waals surface area (Å²) in [6.45, 7) is 1.74. The van der Waals surface area contributed by atoms with Gasteiger partial charge in [-0.1, -0.05) is 0 Å². The maximum Gasteiger partial charge on any atom is 0.248 e. The average molecular weight is 317 g/mol. The first-order chi connectivity index (χ1) is 9.87. The van der Waals surface area contributed by atoms with Crippen molar-refractivity contribution in [3.63, 3.8) is 0 Å². The lowest BCUT2D eigenvalue weighted by molar-refractivity contribution is -0.117. The monoisotopic (exact) mass is 316 g/mol. The quantitative estimate of drug-likeness (QED) is 0.809. The van der Waals surface area contributed by atoms with Crippen LogP contribution < -0.4 is 10.2 Å². The van der Waals surface area contributed by atoms with E-state index < -0.39 is 12.0 Å². The van der Waals surface area contributed by atoms with E-state index in [1.165, 1.54) is 6.20 Å². The predicted octanol–water partition coefficient (Wildman–Crippen LogP) is 2.85. The first-order valence-corrected chi connectivity index (χ1v) is 7.25. The van der Waals surface area contributed by atoms with Crippen LogP contribution in [0.2, 0.25) is 5.28 Å². The first kappa shape index (κ1) is 14.4. The van der Waals surface area contributed by atoms with E-state index in [0.717, 1.165) is 0 Å². The zero-order chi connectivity index (χ0) is 15.2. The summed E-state index contributed by atoms with van der Waals surface area (Å²) >= 11 is 5.83. The van der Waals surface area contributed by atoms with Gasteiger partial charge in [0.15, 0.2) is 5.82 Å². The second kappa shape index (κ2) is 5.05. The molecule has 1 fully saturated rings. The van der Waals surface area contributed by atoms with Crippen LogP contribution in [0.15, 0.2) is 6.20 Å². The number of amides is 1. The van der Waals surface area contributed by atoms with E-state index in [-0.39, 0.29) is 30.1 Å². The van der Waals surface area contributed by atoms with E-state index in [1.807, 2.05) is 0 Å². The van der Waals surface area contributed by atoms with Crippen LogP contribution >= 0.6 is 11.6 Å². The van der Waals surface area contributed by atoms with Crippen molar-refractivity contribution in [3.05, 3.63) is 11.5 Å². The third-order valence-corrected chi connectivity index (χ3v) is 4.30. The summed E-state index contributed by atoms with van der Waals surface area (Å²) < 4.78 is 26.7. The molecule has 8 heteroatoms. The molecule has 5 nitrogen and oxygen atoms in total. The van der Waals surface area contributed by atoms with Crippen molar-refractivity contribution in [1.82, 2.24) is 9.97 Å². The van der Waals surface area contributed by atoms with Crippen molar-refractivity contribution in [1.29, 1.82) is 0 Å². The second-order valence-corrected chi connectivity index (χ2v) is 5.87. The third-order valence-electron chi connectivity index (χ3n) is 4.12. The van der Waals surface area contributed by atoms with E-state index in [2.05, 4.69) is 15.3 Å². The van der Waals surface area contributed by atoms with Crippen LogP contribution in [0.4, 0.5) is 20.3 Å². The third kappa shape index (κ3) is 2.66. The number of hydrogen-bond acceptors (Lipinski definition) is 4. The number of nitrogens with one attached hydrogen (secondary N) is 1. The molecule has 0 aromatic carbocycles. The van der Waals surface area contributed by atoms with Crippen LogP contribution in [0.25, 0.3) is 0 Å². The summed E-state index contributed by atoms with van der Waals surface area (Å²) in [4.78, 5) is 21.9. The Bertz CT molecular complexity index is 573. The van der Waals surface area contributed by atoms with Gasteiger partial charge in [-0.05, 0) is 31.4 Å². The molecule has 1 saturated carbocycles. The van der Waals surface area contributed by atoms with Crippen molar-refractivity contribution >= 4 is 29.0 Å². The Morgan fingerprint density at radius 3 is 2.76 bits per heavy atom. The average Bonchev–Trinajstić information content (AvgIpc) is 2.42. The molecule has 0 radical (unpaired) electrons. The van der Waals surface area contributed by atoms with Crippen molar-refractivity contribution in [3.8, 4) is 0 Å². The van der Waals surface area contributed by atoms with Gasteiger partial charge in [-0.15, -0.1) is 0 Å². The molecule has 1 atom stereocenters. The van der Waals surface area contributed by atoms with E-state index in [9.17, 15) is 13.6 Å². The molecule has 21 heavy (non-hydrogen) atoms. The summed E-state index contributed by atoms with van der Waals surface area (Å²) in [6, 6.07) is -0.615. The van der Waals surface area contributed by atoms with Gasteiger partial charge in [-0.25, -0.2) is 13.8 Å². The van der Waals surface area contributed by atoms with Gasteiger partial charge in [0, 0.05) is 18.9 Å². The lowest BCUT2D eigenvalue weighted by Gasteiger charge is -2.43. The van der Waals surface area contributed by atoms with Crippen molar-refractivity contribution in [2.75, 3.05) is 10.2 Å². The molecule has 0 saturated heterocycles. The number of halogens is 3.